The standard InChI is InChI=1S/C27H34N4O6/c1-18-15-31(19(2)17-32)26(33)21-13-20(9-8-12-35-4)14-28-25(21)37-24(18)16-30(3)27(34)29-22-10-6-7-11-23(22)36-5/h6-7,10-11,13-14,18-19,24,32H,12,15-17H2,1-5H3,(H,29,34)/t18-,19-,24+/m1/s1. The number of hydrogen-bond donors (Lipinski definition) is 2. The Balaban J connectivity index is 1.87. The number of anilines is 1. The molecule has 2 N–H and O–H groups in total. The van der Waals surface area contributed by atoms with E-state index in [1.165, 1.54) is 18.2 Å². The number of aliphatic hydroxyl groups excluding tert-OH is 1. The highest BCUT2D eigenvalue weighted by Crippen LogP contribution is 2.28. The number of carbonyl (C=O) groups excluding carboxylic acids is 2. The minimum absolute atomic E-state index is 0.160. The number of ether oxygens (including phenoxy) is 3. The quantitative estimate of drug-likeness (QED) is 0.550. The minimum Gasteiger partial charge on any atom is -0.495 e. The number of likely N-dealkylation sites (N-methyl/N-ethyl adjacent to an activating group) is 1. The van der Waals surface area contributed by atoms with Crippen LogP contribution in [0, 0.1) is 17.8 Å². The van der Waals surface area contributed by atoms with Gasteiger partial charge in [0, 0.05) is 38.4 Å². The van der Waals surface area contributed by atoms with Crippen LogP contribution in [0.3, 0.4) is 0 Å². The van der Waals surface area contributed by atoms with Gasteiger partial charge in [0.25, 0.3) is 5.91 Å². The summed E-state index contributed by atoms with van der Waals surface area (Å²) in [5.74, 6) is 6.02. The first-order valence-electron chi connectivity index (χ1n) is 12.0. The average molecular weight is 511 g/mol. The van der Waals surface area contributed by atoms with Crippen LogP contribution >= 0.6 is 0 Å². The summed E-state index contributed by atoms with van der Waals surface area (Å²) in [6, 6.07) is 8.03. The summed E-state index contributed by atoms with van der Waals surface area (Å²) in [6.07, 6.45) is 1.06. The van der Waals surface area contributed by atoms with Crippen molar-refractivity contribution in [2.45, 2.75) is 26.0 Å². The van der Waals surface area contributed by atoms with Crippen LogP contribution in [-0.2, 0) is 4.74 Å². The Morgan fingerprint density at radius 1 is 1.38 bits per heavy atom. The third-order valence-electron chi connectivity index (χ3n) is 6.12. The number of pyridine rings is 1. The van der Waals surface area contributed by atoms with Crippen LogP contribution in [0.1, 0.15) is 29.8 Å². The summed E-state index contributed by atoms with van der Waals surface area (Å²) in [5.41, 5.74) is 1.35. The molecule has 10 nitrogen and oxygen atoms in total. The molecule has 0 bridgehead atoms. The number of hydrogen-bond acceptors (Lipinski definition) is 7. The minimum atomic E-state index is -0.480. The highest BCUT2D eigenvalue weighted by atomic mass is 16.5. The molecule has 1 aliphatic rings. The van der Waals surface area contributed by atoms with Crippen molar-refractivity contribution in [3.05, 3.63) is 47.7 Å². The molecule has 0 spiro atoms. The van der Waals surface area contributed by atoms with Crippen LogP contribution in [-0.4, -0.2) is 91.5 Å². The van der Waals surface area contributed by atoms with E-state index < -0.39 is 12.1 Å². The summed E-state index contributed by atoms with van der Waals surface area (Å²) in [7, 11) is 4.76. The van der Waals surface area contributed by atoms with Gasteiger partial charge in [0.05, 0.1) is 32.0 Å². The first kappa shape index (κ1) is 27.8. The third-order valence-corrected chi connectivity index (χ3v) is 6.12. The molecule has 3 amide bonds. The van der Waals surface area contributed by atoms with Crippen molar-refractivity contribution in [1.82, 2.24) is 14.8 Å². The number of para-hydroxylation sites is 2. The van der Waals surface area contributed by atoms with Gasteiger partial charge in [-0.15, -0.1) is 0 Å². The zero-order valence-corrected chi connectivity index (χ0v) is 21.9. The molecule has 10 heteroatoms. The second-order valence-corrected chi connectivity index (χ2v) is 8.95. The Hall–Kier alpha value is -3.81. The van der Waals surface area contributed by atoms with Crippen molar-refractivity contribution >= 4 is 17.6 Å². The molecular formula is C27H34N4O6. The first-order chi connectivity index (χ1) is 17.8. The largest absolute Gasteiger partial charge is 0.495 e. The topological polar surface area (TPSA) is 113 Å². The van der Waals surface area contributed by atoms with Crippen molar-refractivity contribution < 1.29 is 28.9 Å². The maximum absolute atomic E-state index is 13.5. The van der Waals surface area contributed by atoms with E-state index in [1.54, 1.807) is 44.2 Å². The molecular weight excluding hydrogens is 476 g/mol. The number of amides is 3. The Labute approximate surface area is 217 Å². The fraction of sp³-hybridized carbons (Fsp3) is 0.444. The second kappa shape index (κ2) is 12.9. The third kappa shape index (κ3) is 6.90. The molecule has 0 aliphatic carbocycles. The maximum atomic E-state index is 13.5. The van der Waals surface area contributed by atoms with Gasteiger partial charge >= 0.3 is 6.03 Å². The number of nitrogens with zero attached hydrogens (tertiary/aromatic N) is 3. The number of rotatable bonds is 7. The fourth-order valence-corrected chi connectivity index (χ4v) is 3.91. The Kier molecular flexibility index (Phi) is 9.71. The molecule has 3 atom stereocenters. The summed E-state index contributed by atoms with van der Waals surface area (Å²) < 4.78 is 16.5. The lowest BCUT2D eigenvalue weighted by Gasteiger charge is -2.37. The average Bonchev–Trinajstić information content (AvgIpc) is 2.90. The number of carbonyl (C=O) groups is 2. The van der Waals surface area contributed by atoms with Crippen LogP contribution in [0.15, 0.2) is 36.5 Å². The van der Waals surface area contributed by atoms with Crippen molar-refractivity contribution in [3.8, 4) is 23.5 Å². The molecule has 37 heavy (non-hydrogen) atoms. The highest BCUT2D eigenvalue weighted by Gasteiger charge is 2.34. The summed E-state index contributed by atoms with van der Waals surface area (Å²) in [5, 5.41) is 12.7. The van der Waals surface area contributed by atoms with E-state index in [1.807, 2.05) is 19.1 Å². The highest BCUT2D eigenvalue weighted by molar-refractivity contribution is 5.97. The van der Waals surface area contributed by atoms with E-state index in [9.17, 15) is 14.7 Å². The summed E-state index contributed by atoms with van der Waals surface area (Å²) in [4.78, 5) is 33.9. The summed E-state index contributed by atoms with van der Waals surface area (Å²) >= 11 is 0. The molecule has 1 aromatic carbocycles. The van der Waals surface area contributed by atoms with Gasteiger partial charge in [-0.05, 0) is 25.1 Å². The molecule has 3 rings (SSSR count). The molecule has 0 fully saturated rings. The van der Waals surface area contributed by atoms with Gasteiger partial charge in [-0.25, -0.2) is 9.78 Å². The van der Waals surface area contributed by atoms with Crippen molar-refractivity contribution in [2.75, 3.05) is 52.9 Å². The zero-order chi connectivity index (χ0) is 26.9. The van der Waals surface area contributed by atoms with Gasteiger partial charge in [-0.2, -0.15) is 0 Å². The van der Waals surface area contributed by atoms with Crippen LogP contribution in [0.25, 0.3) is 0 Å². The number of nitrogens with one attached hydrogen (secondary N) is 1. The summed E-state index contributed by atoms with van der Waals surface area (Å²) in [6.45, 7) is 4.33. The number of urea groups is 1. The molecule has 1 aliphatic heterocycles. The van der Waals surface area contributed by atoms with E-state index in [2.05, 4.69) is 22.1 Å². The molecule has 1 aromatic heterocycles. The zero-order valence-electron chi connectivity index (χ0n) is 21.9. The van der Waals surface area contributed by atoms with Gasteiger partial charge in [0.1, 0.15) is 24.0 Å². The van der Waals surface area contributed by atoms with Gasteiger partial charge in [-0.1, -0.05) is 30.9 Å². The Morgan fingerprint density at radius 3 is 2.84 bits per heavy atom. The molecule has 0 saturated heterocycles. The molecule has 0 unspecified atom stereocenters. The Bertz CT molecular complexity index is 1160. The molecule has 2 aromatic rings. The van der Waals surface area contributed by atoms with E-state index in [4.69, 9.17) is 14.2 Å². The SMILES string of the molecule is COCC#Cc1cnc2c(c1)C(=O)N([C@H](C)CO)C[C@@H](C)[C@H](CN(C)C(=O)Nc1ccccc1OC)O2. The number of aliphatic hydroxyl groups is 1. The number of fused-ring (bicyclic) bond motifs is 1. The fourth-order valence-electron chi connectivity index (χ4n) is 3.91. The van der Waals surface area contributed by atoms with Gasteiger partial charge in [0.15, 0.2) is 0 Å². The van der Waals surface area contributed by atoms with E-state index in [0.717, 1.165) is 0 Å². The number of aromatic nitrogens is 1. The smallest absolute Gasteiger partial charge is 0.321 e. The van der Waals surface area contributed by atoms with Crippen molar-refractivity contribution in [2.24, 2.45) is 5.92 Å². The number of benzene rings is 1. The van der Waals surface area contributed by atoms with E-state index in [0.29, 0.717) is 23.5 Å². The Morgan fingerprint density at radius 2 is 2.14 bits per heavy atom. The van der Waals surface area contributed by atoms with Gasteiger partial charge in [0.2, 0.25) is 5.88 Å². The van der Waals surface area contributed by atoms with Crippen LogP contribution in [0.5, 0.6) is 11.6 Å². The van der Waals surface area contributed by atoms with Gasteiger partial charge in [-0.3, -0.25) is 4.79 Å². The van der Waals surface area contributed by atoms with Crippen LogP contribution < -0.4 is 14.8 Å². The predicted molar refractivity (Wildman–Crippen MR) is 139 cm³/mol. The molecule has 0 saturated carbocycles. The van der Waals surface area contributed by atoms with Crippen molar-refractivity contribution in [1.29, 1.82) is 0 Å². The first-order valence-corrected chi connectivity index (χ1v) is 12.0. The monoisotopic (exact) mass is 510 g/mol. The molecule has 198 valence electrons. The van der Waals surface area contributed by atoms with Crippen LogP contribution in [0.4, 0.5) is 10.5 Å². The lowest BCUT2D eigenvalue weighted by atomic mass is 10.00. The predicted octanol–water partition coefficient (Wildman–Crippen LogP) is 2.47. The van der Waals surface area contributed by atoms with Crippen LogP contribution in [0.2, 0.25) is 0 Å². The lowest BCUT2D eigenvalue weighted by molar-refractivity contribution is 0.0356. The molecule has 2 heterocycles. The van der Waals surface area contributed by atoms with Gasteiger partial charge < -0.3 is 34.4 Å². The molecule has 0 radical (unpaired) electrons. The lowest BCUT2D eigenvalue weighted by Crippen LogP contribution is -2.50. The van der Waals surface area contributed by atoms with E-state index in [-0.39, 0.29) is 49.1 Å². The van der Waals surface area contributed by atoms with Crippen molar-refractivity contribution in [3.63, 3.8) is 0 Å². The number of methoxy groups -OCH3 is 2. The van der Waals surface area contributed by atoms with E-state index >= 15 is 0 Å². The second-order valence-electron chi connectivity index (χ2n) is 8.95. The normalized spacial score (nSPS) is 17.8. The maximum Gasteiger partial charge on any atom is 0.321 e.